The zero-order valence-corrected chi connectivity index (χ0v) is 21.1. The standard InChI is InChI=1S/C25H28F2N6O2S/c1-4-21(35-3)23(34)33-25(17-9-6-5-7-10-17,13-8-14-30-24(29-2)31-16-28)36-22(32-33)19-15-18(26)11-12-20(19)27/h5-7,9-12,15,21H,4,8,13-14H2,1-3H3,(H2,29,30,31)/t21-,25?/m1/s1. The molecule has 1 unspecified atom stereocenters. The summed E-state index contributed by atoms with van der Waals surface area (Å²) < 4.78 is 34.2. The van der Waals surface area contributed by atoms with Gasteiger partial charge >= 0.3 is 0 Å². The monoisotopic (exact) mass is 514 g/mol. The van der Waals surface area contributed by atoms with Gasteiger partial charge in [0.05, 0.1) is 0 Å². The van der Waals surface area contributed by atoms with E-state index in [0.29, 0.717) is 31.8 Å². The van der Waals surface area contributed by atoms with E-state index in [9.17, 15) is 13.6 Å². The highest BCUT2D eigenvalue weighted by atomic mass is 32.2. The topological polar surface area (TPSA) is 102 Å². The molecule has 2 aromatic rings. The van der Waals surface area contributed by atoms with E-state index in [0.717, 1.165) is 23.8 Å². The number of rotatable bonds is 9. The van der Waals surface area contributed by atoms with Gasteiger partial charge in [0.15, 0.2) is 6.19 Å². The lowest BCUT2D eigenvalue weighted by Gasteiger charge is -2.37. The van der Waals surface area contributed by atoms with Crippen LogP contribution >= 0.6 is 11.8 Å². The lowest BCUT2D eigenvalue weighted by atomic mass is 9.99. The summed E-state index contributed by atoms with van der Waals surface area (Å²) in [5.74, 6) is -1.29. The highest BCUT2D eigenvalue weighted by Gasteiger charge is 2.49. The number of nitrogens with zero attached hydrogens (tertiary/aromatic N) is 4. The van der Waals surface area contributed by atoms with Gasteiger partial charge in [-0.25, -0.2) is 13.8 Å². The summed E-state index contributed by atoms with van der Waals surface area (Å²) in [5.41, 5.74) is 0.766. The normalized spacial score (nSPS) is 18.4. The second-order valence-electron chi connectivity index (χ2n) is 7.90. The first kappa shape index (κ1) is 27.1. The van der Waals surface area contributed by atoms with Crippen molar-refractivity contribution in [1.29, 1.82) is 5.26 Å². The molecular formula is C25H28F2N6O2S. The number of ether oxygens (including phenoxy) is 1. The third-order valence-electron chi connectivity index (χ3n) is 5.70. The lowest BCUT2D eigenvalue weighted by molar-refractivity contribution is -0.146. The quantitative estimate of drug-likeness (QED) is 0.173. The number of hydrogen-bond donors (Lipinski definition) is 2. The summed E-state index contributed by atoms with van der Waals surface area (Å²) in [6.45, 7) is 2.26. The van der Waals surface area contributed by atoms with E-state index in [1.165, 1.54) is 23.9 Å². The minimum atomic E-state index is -1.04. The number of carbonyl (C=O) groups is 1. The minimum absolute atomic E-state index is 0.0159. The van der Waals surface area contributed by atoms with Gasteiger partial charge in [-0.15, -0.1) is 0 Å². The van der Waals surface area contributed by atoms with Crippen LogP contribution in [0.4, 0.5) is 8.78 Å². The van der Waals surface area contributed by atoms with Gasteiger partial charge in [0.25, 0.3) is 5.91 Å². The van der Waals surface area contributed by atoms with Crippen molar-refractivity contribution in [2.24, 2.45) is 10.1 Å². The summed E-state index contributed by atoms with van der Waals surface area (Å²) in [5, 5.41) is 20.4. The van der Waals surface area contributed by atoms with Crippen LogP contribution in [0, 0.1) is 23.1 Å². The Kier molecular flexibility index (Phi) is 9.38. The Morgan fingerprint density at radius 3 is 2.69 bits per heavy atom. The van der Waals surface area contributed by atoms with Crippen LogP contribution < -0.4 is 10.6 Å². The highest BCUT2D eigenvalue weighted by Crippen LogP contribution is 2.51. The summed E-state index contributed by atoms with van der Waals surface area (Å²) in [6, 6.07) is 12.5. The van der Waals surface area contributed by atoms with E-state index >= 15 is 0 Å². The third-order valence-corrected chi connectivity index (χ3v) is 7.15. The SMILES string of the molecule is CC[C@@H](OC)C(=O)N1N=C(c2cc(F)ccc2F)SC1(CCCNC(=NC)NC#N)c1ccccc1. The molecular weight excluding hydrogens is 486 g/mol. The second-order valence-corrected chi connectivity index (χ2v) is 9.17. The number of aliphatic imine (C=N–C) groups is 1. The Bertz CT molecular complexity index is 1170. The first-order valence-electron chi connectivity index (χ1n) is 11.4. The van der Waals surface area contributed by atoms with Crippen LogP contribution in [0.5, 0.6) is 0 Å². The summed E-state index contributed by atoms with van der Waals surface area (Å²) in [4.78, 5) is 16.6. The fourth-order valence-corrected chi connectivity index (χ4v) is 5.35. The first-order valence-corrected chi connectivity index (χ1v) is 12.2. The van der Waals surface area contributed by atoms with Gasteiger partial charge in [0, 0.05) is 26.3 Å². The van der Waals surface area contributed by atoms with Gasteiger partial charge in [0.2, 0.25) is 5.96 Å². The van der Waals surface area contributed by atoms with Crippen LogP contribution in [0.25, 0.3) is 0 Å². The molecule has 2 N–H and O–H groups in total. The Balaban J connectivity index is 2.04. The van der Waals surface area contributed by atoms with Gasteiger partial charge in [-0.2, -0.15) is 10.4 Å². The van der Waals surface area contributed by atoms with Crippen molar-refractivity contribution in [2.75, 3.05) is 20.7 Å². The number of halogens is 2. The minimum Gasteiger partial charge on any atom is -0.372 e. The number of nitriles is 1. The second kappa shape index (κ2) is 12.5. The number of methoxy groups -OCH3 is 1. The zero-order chi connectivity index (χ0) is 26.1. The van der Waals surface area contributed by atoms with Gasteiger partial charge < -0.3 is 10.1 Å². The van der Waals surface area contributed by atoms with E-state index in [1.807, 2.05) is 43.4 Å². The molecule has 1 aliphatic rings. The Morgan fingerprint density at radius 2 is 2.06 bits per heavy atom. The van der Waals surface area contributed by atoms with E-state index in [4.69, 9.17) is 10.00 Å². The van der Waals surface area contributed by atoms with Crippen molar-refractivity contribution in [3.8, 4) is 6.19 Å². The Hall–Kier alpha value is -3.49. The number of hydrogen-bond acceptors (Lipinski definition) is 6. The smallest absolute Gasteiger partial charge is 0.273 e. The number of hydrazone groups is 1. The summed E-state index contributed by atoms with van der Waals surface area (Å²) in [6.07, 6.45) is 2.42. The maximum atomic E-state index is 14.8. The number of nitrogens with one attached hydrogen (secondary N) is 2. The van der Waals surface area contributed by atoms with Crippen molar-refractivity contribution in [1.82, 2.24) is 15.6 Å². The molecule has 190 valence electrons. The first-order chi connectivity index (χ1) is 17.4. The molecule has 0 spiro atoms. The molecule has 0 radical (unpaired) electrons. The van der Waals surface area contributed by atoms with Crippen LogP contribution in [0.2, 0.25) is 0 Å². The maximum absolute atomic E-state index is 14.8. The largest absolute Gasteiger partial charge is 0.372 e. The molecule has 36 heavy (non-hydrogen) atoms. The molecule has 0 saturated heterocycles. The van der Waals surface area contributed by atoms with E-state index in [1.54, 1.807) is 7.05 Å². The zero-order valence-electron chi connectivity index (χ0n) is 20.3. The van der Waals surface area contributed by atoms with Gasteiger partial charge in [-0.05, 0) is 43.0 Å². The predicted molar refractivity (Wildman–Crippen MR) is 136 cm³/mol. The molecule has 1 aliphatic heterocycles. The van der Waals surface area contributed by atoms with Crippen LogP contribution in [-0.2, 0) is 14.4 Å². The van der Waals surface area contributed by atoms with Crippen LogP contribution in [0.15, 0.2) is 58.6 Å². The Morgan fingerprint density at radius 1 is 1.31 bits per heavy atom. The van der Waals surface area contributed by atoms with Crippen molar-refractivity contribution < 1.29 is 18.3 Å². The molecule has 11 heteroatoms. The molecule has 8 nitrogen and oxygen atoms in total. The molecule has 0 aromatic heterocycles. The molecule has 1 amide bonds. The fraction of sp³-hybridized carbons (Fsp3) is 0.360. The highest BCUT2D eigenvalue weighted by molar-refractivity contribution is 8.15. The van der Waals surface area contributed by atoms with Crippen molar-refractivity contribution in [3.63, 3.8) is 0 Å². The van der Waals surface area contributed by atoms with Gasteiger partial charge in [0.1, 0.15) is 27.7 Å². The average Bonchev–Trinajstić information content (AvgIpc) is 3.29. The number of guanidine groups is 1. The Labute approximate surface area is 213 Å². The van der Waals surface area contributed by atoms with Gasteiger partial charge in [-0.1, -0.05) is 49.0 Å². The van der Waals surface area contributed by atoms with E-state index < -0.39 is 22.6 Å². The molecule has 0 fully saturated rings. The summed E-state index contributed by atoms with van der Waals surface area (Å²) >= 11 is 1.20. The molecule has 0 bridgehead atoms. The van der Waals surface area contributed by atoms with E-state index in [2.05, 4.69) is 20.7 Å². The molecule has 0 saturated carbocycles. The predicted octanol–water partition coefficient (Wildman–Crippen LogP) is 3.91. The number of benzene rings is 2. The van der Waals surface area contributed by atoms with Gasteiger partial charge in [-0.3, -0.25) is 15.1 Å². The lowest BCUT2D eigenvalue weighted by Crippen LogP contribution is -2.47. The molecule has 0 aliphatic carbocycles. The number of thioether (sulfide) groups is 1. The molecule has 1 heterocycles. The van der Waals surface area contributed by atoms with Crippen molar-refractivity contribution >= 4 is 28.7 Å². The van der Waals surface area contributed by atoms with Crippen molar-refractivity contribution in [3.05, 3.63) is 71.3 Å². The molecule has 2 aromatic carbocycles. The number of carbonyl (C=O) groups excluding carboxylic acids is 1. The van der Waals surface area contributed by atoms with Crippen molar-refractivity contribution in [2.45, 2.75) is 37.2 Å². The van der Waals surface area contributed by atoms with E-state index in [-0.39, 0.29) is 16.5 Å². The summed E-state index contributed by atoms with van der Waals surface area (Å²) in [7, 11) is 3.00. The van der Waals surface area contributed by atoms with Crippen LogP contribution in [0.1, 0.15) is 37.3 Å². The van der Waals surface area contributed by atoms with Crippen LogP contribution in [-0.4, -0.2) is 48.7 Å². The fourth-order valence-electron chi connectivity index (χ4n) is 3.92. The average molecular weight is 515 g/mol. The maximum Gasteiger partial charge on any atom is 0.273 e. The number of amides is 1. The third kappa shape index (κ3) is 5.83. The van der Waals surface area contributed by atoms with Crippen LogP contribution in [0.3, 0.4) is 0 Å². The molecule has 2 atom stereocenters. The molecule has 3 rings (SSSR count).